The van der Waals surface area contributed by atoms with E-state index in [-0.39, 0.29) is 17.8 Å². The molecule has 2 saturated carbocycles. The van der Waals surface area contributed by atoms with Crippen LogP contribution < -0.4 is 10.2 Å². The van der Waals surface area contributed by atoms with Crippen molar-refractivity contribution < 1.29 is 14.3 Å². The first-order chi connectivity index (χ1) is 15.0. The number of alkyl halides is 1. The van der Waals surface area contributed by atoms with Gasteiger partial charge in [-0.2, -0.15) is 0 Å². The molecule has 1 aromatic rings. The molecule has 32 heavy (non-hydrogen) atoms. The summed E-state index contributed by atoms with van der Waals surface area (Å²) in [5.74, 6) is -0.103. The number of nitrogens with zero attached hydrogens (tertiary/aromatic N) is 2. The van der Waals surface area contributed by atoms with Crippen LogP contribution in [-0.2, 0) is 9.53 Å². The first kappa shape index (κ1) is 25.4. The van der Waals surface area contributed by atoms with Crippen LogP contribution in [0.4, 0.5) is 10.5 Å². The highest BCUT2D eigenvalue weighted by molar-refractivity contribution is 14.1. The molecule has 3 rings (SSSR count). The van der Waals surface area contributed by atoms with Crippen LogP contribution in [0.2, 0.25) is 0 Å². The summed E-state index contributed by atoms with van der Waals surface area (Å²) in [5.41, 5.74) is 1.08. The number of carbonyl (C=O) groups excluding carboxylic acids is 2. The first-order valence-electron chi connectivity index (χ1n) is 11.4. The first-order valence-corrected chi connectivity index (χ1v) is 13.0. The zero-order chi connectivity index (χ0) is 23.5. The van der Waals surface area contributed by atoms with Gasteiger partial charge in [-0.25, -0.2) is 4.79 Å². The Morgan fingerprint density at radius 3 is 2.41 bits per heavy atom. The molecule has 6 nitrogen and oxygen atoms in total. The molecule has 0 radical (unpaired) electrons. The standard InChI is InChI=1S/C24H35ClIN3O3/c1-23(2,3)32-22(31)27-13-14-29(21(30)16-25)19-9-11-24(12-10-19)15-20(24)28(4)18-7-5-17(26)6-8-18/h5-8,19-20H,9-16H2,1-4H3,(H,27,31). The lowest BCUT2D eigenvalue weighted by Crippen LogP contribution is -2.47. The molecular formula is C24H35ClIN3O3. The van der Waals surface area contributed by atoms with Gasteiger partial charge in [0.1, 0.15) is 11.5 Å². The highest BCUT2D eigenvalue weighted by Gasteiger charge is 2.57. The predicted octanol–water partition coefficient (Wildman–Crippen LogP) is 5.02. The summed E-state index contributed by atoms with van der Waals surface area (Å²) >= 11 is 8.23. The Balaban J connectivity index is 1.51. The quantitative estimate of drug-likeness (QED) is 0.366. The second kappa shape index (κ2) is 10.4. The average Bonchev–Trinajstić information content (AvgIpc) is 3.43. The Labute approximate surface area is 210 Å². The van der Waals surface area contributed by atoms with E-state index in [1.165, 1.54) is 15.7 Å². The minimum atomic E-state index is -0.542. The van der Waals surface area contributed by atoms with Gasteiger partial charge in [-0.3, -0.25) is 4.79 Å². The van der Waals surface area contributed by atoms with Crippen molar-refractivity contribution in [2.75, 3.05) is 30.9 Å². The number of carbonyl (C=O) groups is 2. The highest BCUT2D eigenvalue weighted by Crippen LogP contribution is 2.59. The summed E-state index contributed by atoms with van der Waals surface area (Å²) in [7, 11) is 2.19. The molecule has 2 fully saturated rings. The third-order valence-corrected chi connectivity index (χ3v) is 7.64. The lowest BCUT2D eigenvalue weighted by Gasteiger charge is -2.38. The fourth-order valence-corrected chi connectivity index (χ4v) is 5.45. The second-order valence-corrected chi connectivity index (χ2v) is 11.6. The Morgan fingerprint density at radius 2 is 1.84 bits per heavy atom. The van der Waals surface area contributed by atoms with Gasteiger partial charge in [0.05, 0.1) is 0 Å². The molecule has 2 aliphatic rings. The molecule has 2 aliphatic carbocycles. The van der Waals surface area contributed by atoms with Crippen LogP contribution in [-0.4, -0.2) is 60.6 Å². The Kier molecular flexibility index (Phi) is 8.23. The summed E-state index contributed by atoms with van der Waals surface area (Å²) in [6, 6.07) is 9.43. The minimum absolute atomic E-state index is 0.0355. The molecule has 0 heterocycles. The topological polar surface area (TPSA) is 61.9 Å². The summed E-state index contributed by atoms with van der Waals surface area (Å²) in [6.07, 6.45) is 4.94. The monoisotopic (exact) mass is 575 g/mol. The van der Waals surface area contributed by atoms with Gasteiger partial charge >= 0.3 is 6.09 Å². The molecule has 178 valence electrons. The molecule has 0 saturated heterocycles. The maximum Gasteiger partial charge on any atom is 0.407 e. The van der Waals surface area contributed by atoms with Crippen molar-refractivity contribution in [3.63, 3.8) is 0 Å². The van der Waals surface area contributed by atoms with E-state index in [1.807, 2.05) is 25.7 Å². The molecular weight excluding hydrogens is 541 g/mol. The zero-order valence-corrected chi connectivity index (χ0v) is 22.4. The van der Waals surface area contributed by atoms with Crippen LogP contribution in [0.1, 0.15) is 52.9 Å². The van der Waals surface area contributed by atoms with Gasteiger partial charge in [-0.15, -0.1) is 11.6 Å². The minimum Gasteiger partial charge on any atom is -0.444 e. The number of hydrogen-bond acceptors (Lipinski definition) is 4. The number of nitrogens with one attached hydrogen (secondary N) is 1. The van der Waals surface area contributed by atoms with E-state index in [0.29, 0.717) is 24.5 Å². The number of amides is 2. The molecule has 1 atom stereocenters. The maximum atomic E-state index is 12.5. The van der Waals surface area contributed by atoms with Gasteiger partial charge in [0.15, 0.2) is 0 Å². The van der Waals surface area contributed by atoms with Crippen molar-refractivity contribution in [1.82, 2.24) is 10.2 Å². The predicted molar refractivity (Wildman–Crippen MR) is 137 cm³/mol. The summed E-state index contributed by atoms with van der Waals surface area (Å²) < 4.78 is 6.53. The number of halogens is 2. The number of benzene rings is 1. The fraction of sp³-hybridized carbons (Fsp3) is 0.667. The van der Waals surface area contributed by atoms with Gasteiger partial charge in [0, 0.05) is 41.5 Å². The molecule has 1 spiro atoms. The Hall–Kier alpha value is -1.22. The SMILES string of the molecule is CN(c1ccc(I)cc1)C1CC12CCC(N(CCNC(=O)OC(C)(C)C)C(=O)CCl)CC2. The van der Waals surface area contributed by atoms with Crippen LogP contribution in [0, 0.1) is 8.99 Å². The second-order valence-electron chi connectivity index (χ2n) is 10.1. The smallest absolute Gasteiger partial charge is 0.407 e. The number of alkyl carbamates (subject to hydrolysis) is 1. The van der Waals surface area contributed by atoms with Crippen molar-refractivity contribution >= 4 is 51.9 Å². The lowest BCUT2D eigenvalue weighted by molar-refractivity contribution is -0.131. The molecule has 0 bridgehead atoms. The highest BCUT2D eigenvalue weighted by atomic mass is 127. The van der Waals surface area contributed by atoms with Crippen LogP contribution in [0.15, 0.2) is 24.3 Å². The van der Waals surface area contributed by atoms with E-state index >= 15 is 0 Å². The van der Waals surface area contributed by atoms with Gasteiger partial charge in [0.25, 0.3) is 0 Å². The molecule has 8 heteroatoms. The van der Waals surface area contributed by atoms with E-state index in [2.05, 4.69) is 64.1 Å². The zero-order valence-electron chi connectivity index (χ0n) is 19.5. The normalized spacial score (nSPS) is 24.7. The van der Waals surface area contributed by atoms with Crippen LogP contribution in [0.25, 0.3) is 0 Å². The molecule has 0 aliphatic heterocycles. The Morgan fingerprint density at radius 1 is 1.22 bits per heavy atom. The van der Waals surface area contributed by atoms with Gasteiger partial charge in [0.2, 0.25) is 5.91 Å². The van der Waals surface area contributed by atoms with Crippen molar-refractivity contribution in [3.05, 3.63) is 27.8 Å². The van der Waals surface area contributed by atoms with Gasteiger partial charge in [-0.05, 0) is 105 Å². The van der Waals surface area contributed by atoms with Crippen molar-refractivity contribution in [2.45, 2.75) is 70.6 Å². The fourth-order valence-electron chi connectivity index (χ4n) is 4.94. The average molecular weight is 576 g/mol. The Bertz CT molecular complexity index is 804. The summed E-state index contributed by atoms with van der Waals surface area (Å²) in [5, 5.41) is 2.76. The molecule has 0 aromatic heterocycles. The van der Waals surface area contributed by atoms with Gasteiger partial charge in [-0.1, -0.05) is 0 Å². The van der Waals surface area contributed by atoms with Crippen LogP contribution >= 0.6 is 34.2 Å². The third kappa shape index (κ3) is 6.43. The van der Waals surface area contributed by atoms with E-state index in [0.717, 1.165) is 25.7 Å². The van der Waals surface area contributed by atoms with Crippen LogP contribution in [0.5, 0.6) is 0 Å². The molecule has 1 aromatic carbocycles. The molecule has 2 amide bonds. The third-order valence-electron chi connectivity index (χ3n) is 6.70. The van der Waals surface area contributed by atoms with Crippen molar-refractivity contribution in [3.8, 4) is 0 Å². The number of anilines is 1. The molecule has 1 unspecified atom stereocenters. The van der Waals surface area contributed by atoms with E-state index in [9.17, 15) is 9.59 Å². The summed E-state index contributed by atoms with van der Waals surface area (Å²) in [4.78, 5) is 28.7. The van der Waals surface area contributed by atoms with E-state index < -0.39 is 11.7 Å². The number of hydrogen-bond donors (Lipinski definition) is 1. The number of ether oxygens (including phenoxy) is 1. The van der Waals surface area contributed by atoms with Crippen molar-refractivity contribution in [2.24, 2.45) is 5.41 Å². The van der Waals surface area contributed by atoms with Crippen molar-refractivity contribution in [1.29, 1.82) is 0 Å². The maximum absolute atomic E-state index is 12.5. The largest absolute Gasteiger partial charge is 0.444 e. The molecule has 1 N–H and O–H groups in total. The lowest BCUT2D eigenvalue weighted by atomic mass is 9.82. The van der Waals surface area contributed by atoms with Gasteiger partial charge < -0.3 is 19.9 Å². The summed E-state index contributed by atoms with van der Waals surface area (Å²) in [6.45, 7) is 6.30. The van der Waals surface area contributed by atoms with E-state index in [1.54, 1.807) is 0 Å². The van der Waals surface area contributed by atoms with E-state index in [4.69, 9.17) is 16.3 Å². The number of rotatable bonds is 7. The van der Waals surface area contributed by atoms with Crippen LogP contribution in [0.3, 0.4) is 0 Å².